The van der Waals surface area contributed by atoms with Gasteiger partial charge in [0.25, 0.3) is 0 Å². The summed E-state index contributed by atoms with van der Waals surface area (Å²) in [5.74, 6) is 0. The van der Waals surface area contributed by atoms with E-state index in [1.807, 2.05) is 37.5 Å². The van der Waals surface area contributed by atoms with Gasteiger partial charge < -0.3 is 16.4 Å². The Morgan fingerprint density at radius 2 is 1.83 bits per heavy atom. The molecule has 4 N–H and O–H groups in total. The van der Waals surface area contributed by atoms with Gasteiger partial charge in [-0.15, -0.1) is 24.8 Å². The molecule has 7 heteroatoms. The number of nitrogen functional groups attached to an aromatic ring is 1. The maximum Gasteiger partial charge on any atom is 0.0688 e. The van der Waals surface area contributed by atoms with Crippen LogP contribution in [-0.4, -0.2) is 24.1 Å². The van der Waals surface area contributed by atoms with Crippen molar-refractivity contribution in [2.24, 2.45) is 0 Å². The Labute approximate surface area is 154 Å². The minimum atomic E-state index is 0. The Kier molecular flexibility index (Phi) is 6.96. The Bertz CT molecular complexity index is 642. The number of nitrogens with one attached hydrogen (secondary N) is 2. The SMILES string of the molecule is CNC1(CNc2cncc(Cl)c2-c2ccc(N)cc2)CC1.Cl.Cl. The lowest BCUT2D eigenvalue weighted by Gasteiger charge is -2.18. The van der Waals surface area contributed by atoms with Crippen LogP contribution in [0.2, 0.25) is 5.02 Å². The molecule has 0 amide bonds. The summed E-state index contributed by atoms with van der Waals surface area (Å²) in [4.78, 5) is 4.20. The third kappa shape index (κ3) is 4.42. The summed E-state index contributed by atoms with van der Waals surface area (Å²) in [5, 5.41) is 7.49. The number of anilines is 2. The predicted octanol–water partition coefficient (Wildman–Crippen LogP) is 3.99. The Morgan fingerprint density at radius 3 is 2.39 bits per heavy atom. The van der Waals surface area contributed by atoms with Crippen molar-refractivity contribution in [3.05, 3.63) is 41.7 Å². The molecule has 1 aliphatic rings. The van der Waals surface area contributed by atoms with E-state index in [4.69, 9.17) is 17.3 Å². The molecule has 2 aromatic rings. The second kappa shape index (κ2) is 8.06. The molecule has 4 nitrogen and oxygen atoms in total. The van der Waals surface area contributed by atoms with Crippen molar-refractivity contribution >= 4 is 47.8 Å². The lowest BCUT2D eigenvalue weighted by Crippen LogP contribution is -2.35. The maximum atomic E-state index is 6.35. The van der Waals surface area contributed by atoms with Crippen LogP contribution in [0.3, 0.4) is 0 Å². The van der Waals surface area contributed by atoms with Gasteiger partial charge in [-0.2, -0.15) is 0 Å². The van der Waals surface area contributed by atoms with Crippen LogP contribution in [-0.2, 0) is 0 Å². The summed E-state index contributed by atoms with van der Waals surface area (Å²) in [6.07, 6.45) is 5.89. The van der Waals surface area contributed by atoms with Crippen LogP contribution in [0.25, 0.3) is 11.1 Å². The van der Waals surface area contributed by atoms with Gasteiger partial charge in [-0.05, 0) is 37.6 Å². The first-order valence-electron chi connectivity index (χ1n) is 7.06. The van der Waals surface area contributed by atoms with Crippen molar-refractivity contribution in [1.29, 1.82) is 0 Å². The number of benzene rings is 1. The number of hydrogen-bond acceptors (Lipinski definition) is 4. The molecule has 0 spiro atoms. The summed E-state index contributed by atoms with van der Waals surface area (Å²) in [5.41, 5.74) is 9.68. The summed E-state index contributed by atoms with van der Waals surface area (Å²) in [7, 11) is 2.01. The topological polar surface area (TPSA) is 63.0 Å². The minimum absolute atomic E-state index is 0. The first-order chi connectivity index (χ1) is 10.1. The second-order valence-corrected chi connectivity index (χ2v) is 5.96. The number of hydrogen-bond donors (Lipinski definition) is 3. The standard InChI is InChI=1S/C16H19ClN4.2ClH/c1-19-16(6-7-16)10-21-14-9-20-8-13(17)15(14)11-2-4-12(18)5-3-11;;/h2-5,8-9,19,21H,6-7,10,18H2,1H3;2*1H. The average molecular weight is 376 g/mol. The first-order valence-corrected chi connectivity index (χ1v) is 7.43. The van der Waals surface area contributed by atoms with Crippen molar-refractivity contribution in [2.75, 3.05) is 24.6 Å². The molecule has 1 heterocycles. The number of aromatic nitrogens is 1. The summed E-state index contributed by atoms with van der Waals surface area (Å²) < 4.78 is 0. The van der Waals surface area contributed by atoms with Gasteiger partial charge in [-0.3, -0.25) is 4.98 Å². The van der Waals surface area contributed by atoms with Crippen LogP contribution < -0.4 is 16.4 Å². The summed E-state index contributed by atoms with van der Waals surface area (Å²) >= 11 is 6.35. The van der Waals surface area contributed by atoms with E-state index >= 15 is 0 Å². The van der Waals surface area contributed by atoms with Gasteiger partial charge in [-0.25, -0.2) is 0 Å². The smallest absolute Gasteiger partial charge is 0.0688 e. The highest BCUT2D eigenvalue weighted by Gasteiger charge is 2.40. The van der Waals surface area contributed by atoms with Gasteiger partial charge in [0.05, 0.1) is 16.9 Å². The fourth-order valence-corrected chi connectivity index (χ4v) is 2.71. The van der Waals surface area contributed by atoms with Crippen LogP contribution >= 0.6 is 36.4 Å². The summed E-state index contributed by atoms with van der Waals surface area (Å²) in [6.45, 7) is 0.869. The van der Waals surface area contributed by atoms with Crippen LogP contribution in [0.1, 0.15) is 12.8 Å². The molecule has 3 rings (SSSR count). The minimum Gasteiger partial charge on any atom is -0.399 e. The second-order valence-electron chi connectivity index (χ2n) is 5.55. The Morgan fingerprint density at radius 1 is 1.17 bits per heavy atom. The molecule has 1 aliphatic carbocycles. The van der Waals surface area contributed by atoms with Crippen LogP contribution in [0.15, 0.2) is 36.7 Å². The third-order valence-electron chi connectivity index (χ3n) is 4.10. The van der Waals surface area contributed by atoms with E-state index in [1.165, 1.54) is 12.8 Å². The van der Waals surface area contributed by atoms with E-state index in [0.717, 1.165) is 29.0 Å². The van der Waals surface area contributed by atoms with E-state index in [0.29, 0.717) is 5.02 Å². The molecule has 0 atom stereocenters. The van der Waals surface area contributed by atoms with Crippen molar-refractivity contribution in [3.8, 4) is 11.1 Å². The maximum absolute atomic E-state index is 6.35. The van der Waals surface area contributed by atoms with E-state index in [9.17, 15) is 0 Å². The average Bonchev–Trinajstić information content (AvgIpc) is 3.27. The number of nitrogens with two attached hydrogens (primary N) is 1. The molecule has 1 fully saturated rings. The van der Waals surface area contributed by atoms with Crippen LogP contribution in [0.5, 0.6) is 0 Å². The zero-order valence-electron chi connectivity index (χ0n) is 12.8. The van der Waals surface area contributed by atoms with E-state index in [1.54, 1.807) is 6.20 Å². The van der Waals surface area contributed by atoms with Crippen LogP contribution in [0, 0.1) is 0 Å². The van der Waals surface area contributed by atoms with Crippen molar-refractivity contribution in [2.45, 2.75) is 18.4 Å². The molecule has 0 radical (unpaired) electrons. The Balaban J connectivity index is 0.00000132. The lowest BCUT2D eigenvalue weighted by molar-refractivity contribution is 0.578. The first kappa shape index (κ1) is 19.8. The van der Waals surface area contributed by atoms with Gasteiger partial charge >= 0.3 is 0 Å². The molecule has 1 saturated carbocycles. The van der Waals surface area contributed by atoms with Crippen molar-refractivity contribution in [1.82, 2.24) is 10.3 Å². The normalized spacial score (nSPS) is 14.3. The van der Waals surface area contributed by atoms with Gasteiger partial charge in [0.15, 0.2) is 0 Å². The van der Waals surface area contributed by atoms with Gasteiger partial charge in [0.1, 0.15) is 0 Å². The molecule has 1 aromatic carbocycles. The number of rotatable bonds is 5. The molecule has 0 aliphatic heterocycles. The third-order valence-corrected chi connectivity index (χ3v) is 4.39. The molecule has 1 aromatic heterocycles. The van der Waals surface area contributed by atoms with E-state index in [-0.39, 0.29) is 30.4 Å². The zero-order chi connectivity index (χ0) is 14.9. The molecule has 23 heavy (non-hydrogen) atoms. The number of pyridine rings is 1. The molecule has 0 unspecified atom stereocenters. The Hall–Kier alpha value is -1.20. The fraction of sp³-hybridized carbons (Fsp3) is 0.312. The largest absolute Gasteiger partial charge is 0.399 e. The number of halogens is 3. The highest BCUT2D eigenvalue weighted by molar-refractivity contribution is 6.33. The number of nitrogens with zero attached hydrogens (tertiary/aromatic N) is 1. The predicted molar refractivity (Wildman–Crippen MR) is 103 cm³/mol. The quantitative estimate of drug-likeness (QED) is 0.691. The van der Waals surface area contributed by atoms with Gasteiger partial charge in [-0.1, -0.05) is 23.7 Å². The lowest BCUT2D eigenvalue weighted by atomic mass is 10.0. The van der Waals surface area contributed by atoms with Crippen molar-refractivity contribution < 1.29 is 0 Å². The van der Waals surface area contributed by atoms with Gasteiger partial charge in [0.2, 0.25) is 0 Å². The molecular weight excluding hydrogens is 355 g/mol. The molecule has 0 bridgehead atoms. The van der Waals surface area contributed by atoms with Crippen molar-refractivity contribution in [3.63, 3.8) is 0 Å². The molecule has 0 saturated heterocycles. The number of likely N-dealkylation sites (N-methyl/N-ethyl adjacent to an activating group) is 1. The van der Waals surface area contributed by atoms with E-state index in [2.05, 4.69) is 15.6 Å². The monoisotopic (exact) mass is 374 g/mol. The molecular formula is C16H21Cl3N4. The van der Waals surface area contributed by atoms with E-state index < -0.39 is 0 Å². The van der Waals surface area contributed by atoms with Gasteiger partial charge in [0, 0.05) is 29.5 Å². The summed E-state index contributed by atoms with van der Waals surface area (Å²) in [6, 6.07) is 7.72. The zero-order valence-corrected chi connectivity index (χ0v) is 15.2. The fourth-order valence-electron chi connectivity index (χ4n) is 2.44. The molecule has 126 valence electrons. The highest BCUT2D eigenvalue weighted by atomic mass is 35.5. The van der Waals surface area contributed by atoms with Crippen LogP contribution in [0.4, 0.5) is 11.4 Å². The highest BCUT2D eigenvalue weighted by Crippen LogP contribution is 2.38.